The molecular weight excluding hydrogens is 230 g/mol. The number of likely N-dealkylation sites (tertiary alicyclic amines) is 1. The molecular formula is C11H20ClNO3. The second-order valence-corrected chi connectivity index (χ2v) is 4.47. The Bertz CT molecular complexity index is 205. The lowest BCUT2D eigenvalue weighted by atomic mass is 9.92. The van der Waals surface area contributed by atoms with Crippen LogP contribution >= 0.6 is 11.9 Å². The fraction of sp³-hybridized carbons (Fsp3) is 0.909. The van der Waals surface area contributed by atoms with Gasteiger partial charge in [-0.15, -0.1) is 0 Å². The predicted octanol–water partition coefficient (Wildman–Crippen LogP) is 1.82. The molecule has 0 bridgehead atoms. The SMILES string of the molecule is COC(=O)CN1CCC(CCCOCl)CC1. The third-order valence-electron chi connectivity index (χ3n) is 3.12. The maximum absolute atomic E-state index is 11.1. The molecule has 0 aromatic rings. The number of ether oxygens (including phenoxy) is 1. The van der Waals surface area contributed by atoms with Crippen molar-refractivity contribution in [2.24, 2.45) is 5.92 Å². The van der Waals surface area contributed by atoms with E-state index in [1.54, 1.807) is 0 Å². The Balaban J connectivity index is 2.11. The highest BCUT2D eigenvalue weighted by atomic mass is 35.5. The summed E-state index contributed by atoms with van der Waals surface area (Å²) in [5.41, 5.74) is 0. The van der Waals surface area contributed by atoms with E-state index < -0.39 is 0 Å². The number of piperidine rings is 1. The van der Waals surface area contributed by atoms with E-state index in [9.17, 15) is 4.79 Å². The Morgan fingerprint density at radius 1 is 1.44 bits per heavy atom. The molecule has 1 heterocycles. The molecule has 0 atom stereocenters. The van der Waals surface area contributed by atoms with Crippen molar-refractivity contribution in [2.45, 2.75) is 25.7 Å². The number of methoxy groups -OCH3 is 1. The van der Waals surface area contributed by atoms with Crippen molar-refractivity contribution < 1.29 is 13.8 Å². The van der Waals surface area contributed by atoms with Crippen molar-refractivity contribution in [1.29, 1.82) is 0 Å². The topological polar surface area (TPSA) is 38.8 Å². The van der Waals surface area contributed by atoms with Crippen molar-refractivity contribution in [1.82, 2.24) is 4.90 Å². The summed E-state index contributed by atoms with van der Waals surface area (Å²) in [7, 11) is 1.43. The van der Waals surface area contributed by atoms with Crippen LogP contribution in [-0.4, -0.2) is 44.2 Å². The Labute approximate surface area is 102 Å². The molecule has 1 saturated heterocycles. The lowest BCUT2D eigenvalue weighted by Crippen LogP contribution is -2.37. The van der Waals surface area contributed by atoms with Gasteiger partial charge in [0, 0.05) is 0 Å². The normalized spacial score (nSPS) is 18.6. The second kappa shape index (κ2) is 7.87. The number of halogens is 1. The summed E-state index contributed by atoms with van der Waals surface area (Å²) in [5, 5.41) is 0. The maximum atomic E-state index is 11.1. The number of carbonyl (C=O) groups excluding carboxylic acids is 1. The third kappa shape index (κ3) is 5.14. The van der Waals surface area contributed by atoms with Gasteiger partial charge >= 0.3 is 5.97 Å². The van der Waals surface area contributed by atoms with E-state index in [-0.39, 0.29) is 5.97 Å². The molecule has 4 nitrogen and oxygen atoms in total. The van der Waals surface area contributed by atoms with Gasteiger partial charge in [0.1, 0.15) is 0 Å². The molecule has 0 unspecified atom stereocenters. The summed E-state index contributed by atoms with van der Waals surface area (Å²) in [6.45, 7) is 3.03. The minimum Gasteiger partial charge on any atom is -0.468 e. The molecule has 1 aliphatic rings. The molecule has 16 heavy (non-hydrogen) atoms. The van der Waals surface area contributed by atoms with Gasteiger partial charge in [-0.3, -0.25) is 14.0 Å². The summed E-state index contributed by atoms with van der Waals surface area (Å²) in [6.07, 6.45) is 4.49. The van der Waals surface area contributed by atoms with Gasteiger partial charge in [-0.2, -0.15) is 0 Å². The molecule has 0 spiro atoms. The zero-order valence-corrected chi connectivity index (χ0v) is 10.5. The minimum atomic E-state index is -0.144. The molecule has 0 aromatic carbocycles. The number of carbonyl (C=O) groups is 1. The first-order valence-electron chi connectivity index (χ1n) is 5.79. The van der Waals surface area contributed by atoms with Crippen LogP contribution < -0.4 is 0 Å². The van der Waals surface area contributed by atoms with Gasteiger partial charge in [0.2, 0.25) is 0 Å². The molecule has 1 aliphatic heterocycles. The van der Waals surface area contributed by atoms with Gasteiger partial charge in [0.15, 0.2) is 0 Å². The highest BCUT2D eigenvalue weighted by molar-refractivity contribution is 6.07. The standard InChI is InChI=1S/C11H20ClNO3/c1-15-11(14)9-13-6-4-10(5-7-13)3-2-8-16-12/h10H,2-9H2,1H3. The van der Waals surface area contributed by atoms with Crippen LogP contribution in [0.3, 0.4) is 0 Å². The predicted molar refractivity (Wildman–Crippen MR) is 62.2 cm³/mol. The van der Waals surface area contributed by atoms with Gasteiger partial charge in [-0.1, -0.05) is 0 Å². The lowest BCUT2D eigenvalue weighted by Gasteiger charge is -2.30. The van der Waals surface area contributed by atoms with E-state index in [0.717, 1.165) is 38.3 Å². The molecule has 0 aliphatic carbocycles. The van der Waals surface area contributed by atoms with Crippen molar-refractivity contribution in [2.75, 3.05) is 33.4 Å². The molecule has 0 saturated carbocycles. The smallest absolute Gasteiger partial charge is 0.319 e. The van der Waals surface area contributed by atoms with Gasteiger partial charge in [-0.25, -0.2) is 0 Å². The van der Waals surface area contributed by atoms with Crippen LogP contribution in [0.4, 0.5) is 0 Å². The van der Waals surface area contributed by atoms with Gasteiger partial charge < -0.3 is 4.74 Å². The van der Waals surface area contributed by atoms with Crippen LogP contribution in [0.25, 0.3) is 0 Å². The summed E-state index contributed by atoms with van der Waals surface area (Å²) < 4.78 is 9.17. The van der Waals surface area contributed by atoms with Crippen molar-refractivity contribution in [3.8, 4) is 0 Å². The Kier molecular flexibility index (Phi) is 6.76. The third-order valence-corrected chi connectivity index (χ3v) is 3.28. The van der Waals surface area contributed by atoms with E-state index in [1.165, 1.54) is 13.5 Å². The van der Waals surface area contributed by atoms with Crippen LogP contribution in [0.15, 0.2) is 0 Å². The number of hydrogen-bond acceptors (Lipinski definition) is 4. The fourth-order valence-corrected chi connectivity index (χ4v) is 2.22. The van der Waals surface area contributed by atoms with Crippen molar-refractivity contribution in [3.05, 3.63) is 0 Å². The molecule has 0 aromatic heterocycles. The molecule has 5 heteroatoms. The van der Waals surface area contributed by atoms with E-state index in [4.69, 9.17) is 11.9 Å². The average Bonchev–Trinajstić information content (AvgIpc) is 2.31. The summed E-state index contributed by atoms with van der Waals surface area (Å²) >= 11 is 5.16. The zero-order valence-electron chi connectivity index (χ0n) is 9.78. The summed E-state index contributed by atoms with van der Waals surface area (Å²) in [4.78, 5) is 13.2. The molecule has 1 fully saturated rings. The van der Waals surface area contributed by atoms with Crippen molar-refractivity contribution in [3.63, 3.8) is 0 Å². The first kappa shape index (κ1) is 13.7. The molecule has 0 amide bonds. The lowest BCUT2D eigenvalue weighted by molar-refractivity contribution is -0.142. The highest BCUT2D eigenvalue weighted by Gasteiger charge is 2.20. The van der Waals surface area contributed by atoms with Crippen LogP contribution in [0.2, 0.25) is 0 Å². The number of esters is 1. The minimum absolute atomic E-state index is 0.144. The van der Waals surface area contributed by atoms with Crippen LogP contribution in [0.5, 0.6) is 0 Å². The Morgan fingerprint density at radius 3 is 2.69 bits per heavy atom. The van der Waals surface area contributed by atoms with Gasteiger partial charge in [0.25, 0.3) is 0 Å². The number of nitrogens with zero attached hydrogens (tertiary/aromatic N) is 1. The summed E-state index contributed by atoms with van der Waals surface area (Å²) in [6, 6.07) is 0. The molecule has 0 N–H and O–H groups in total. The Hall–Kier alpha value is -0.320. The van der Waals surface area contributed by atoms with E-state index in [1.807, 2.05) is 0 Å². The van der Waals surface area contributed by atoms with Gasteiger partial charge in [-0.05, 0) is 44.7 Å². The number of hydrogen-bond donors (Lipinski definition) is 0. The number of rotatable bonds is 6. The van der Waals surface area contributed by atoms with E-state index in [2.05, 4.69) is 13.9 Å². The van der Waals surface area contributed by atoms with E-state index in [0.29, 0.717) is 13.2 Å². The Morgan fingerprint density at radius 2 is 2.12 bits per heavy atom. The van der Waals surface area contributed by atoms with Crippen molar-refractivity contribution >= 4 is 17.8 Å². The molecule has 1 rings (SSSR count). The second-order valence-electron chi connectivity index (χ2n) is 4.25. The highest BCUT2D eigenvalue weighted by Crippen LogP contribution is 2.21. The van der Waals surface area contributed by atoms with E-state index >= 15 is 0 Å². The van der Waals surface area contributed by atoms with Gasteiger partial charge in [0.05, 0.1) is 32.1 Å². The van der Waals surface area contributed by atoms with Crippen LogP contribution in [0, 0.1) is 5.92 Å². The largest absolute Gasteiger partial charge is 0.468 e. The van der Waals surface area contributed by atoms with Crippen LogP contribution in [-0.2, 0) is 13.8 Å². The first-order valence-corrected chi connectivity index (χ1v) is 6.10. The zero-order chi connectivity index (χ0) is 11.8. The quantitative estimate of drug-likeness (QED) is 0.532. The molecule has 94 valence electrons. The average molecular weight is 250 g/mol. The summed E-state index contributed by atoms with van der Waals surface area (Å²) in [5.74, 6) is 0.606. The fourth-order valence-electron chi connectivity index (χ4n) is 2.11. The maximum Gasteiger partial charge on any atom is 0.319 e. The molecule has 0 radical (unpaired) electrons. The first-order chi connectivity index (χ1) is 7.76. The van der Waals surface area contributed by atoms with Crippen LogP contribution in [0.1, 0.15) is 25.7 Å². The monoisotopic (exact) mass is 249 g/mol.